The molecular formula is C58H92ClN5O12S2. The number of allylic oxidation sites excluding steroid dienone is 5. The number of likely N-dealkylation sites (N-methyl/N-ethyl adjacent to an activating group) is 1. The Morgan fingerprint density at radius 3 is 2.44 bits per heavy atom. The first-order valence-electron chi connectivity index (χ1n) is 26.6. The van der Waals surface area contributed by atoms with E-state index < -0.39 is 71.7 Å². The molecule has 1 aromatic rings. The Bertz CT molecular complexity index is 2270. The number of halogens is 1. The van der Waals surface area contributed by atoms with Crippen LogP contribution in [0.3, 0.4) is 0 Å². The number of epoxide rings is 1. The normalized spacial score (nSPS) is 25.5. The number of fused-ring (bicyclic) bond motifs is 5. The number of esters is 1. The zero-order chi connectivity index (χ0) is 57.8. The Morgan fingerprint density at radius 2 is 1.82 bits per heavy atom. The van der Waals surface area contributed by atoms with Crippen LogP contribution in [0.4, 0.5) is 10.5 Å². The Hall–Kier alpha value is -4.21. The summed E-state index contributed by atoms with van der Waals surface area (Å²) in [5.41, 5.74) is 4.59. The molecule has 3 aliphatic heterocycles. The van der Waals surface area contributed by atoms with Crippen LogP contribution in [0.1, 0.15) is 133 Å². The second-order valence-corrected chi connectivity index (χ2v) is 24.6. The summed E-state index contributed by atoms with van der Waals surface area (Å²) in [4.78, 5) is 83.5. The molecule has 4 bridgehead atoms. The van der Waals surface area contributed by atoms with Crippen molar-refractivity contribution >= 4 is 74.3 Å². The summed E-state index contributed by atoms with van der Waals surface area (Å²) in [6.45, 7) is 22.8. The quantitative estimate of drug-likeness (QED) is 0.0235. The highest BCUT2D eigenvalue weighted by molar-refractivity contribution is 8.77. The number of alkyl carbamates (subject to hydrolysis) is 1. The van der Waals surface area contributed by atoms with Crippen LogP contribution in [-0.2, 0) is 49.3 Å². The highest BCUT2D eigenvalue weighted by Gasteiger charge is 2.64. The molecule has 1 unspecified atom stereocenters. The topological polar surface area (TPSA) is 229 Å². The van der Waals surface area contributed by atoms with Gasteiger partial charge in [0.15, 0.2) is 11.5 Å². The van der Waals surface area contributed by atoms with E-state index in [1.165, 1.54) is 31.1 Å². The summed E-state index contributed by atoms with van der Waals surface area (Å²) in [6, 6.07) is 2.10. The van der Waals surface area contributed by atoms with Gasteiger partial charge in [0, 0.05) is 62.8 Å². The molecule has 17 nitrogen and oxygen atoms in total. The average Bonchev–Trinajstić information content (AvgIpc) is 4.11. The first-order valence-corrected chi connectivity index (χ1v) is 29.3. The number of rotatable bonds is 25. The molecule has 2 fully saturated rings. The van der Waals surface area contributed by atoms with Crippen molar-refractivity contribution in [1.82, 2.24) is 15.5 Å². The van der Waals surface area contributed by atoms with Gasteiger partial charge in [-0.25, -0.2) is 9.59 Å². The van der Waals surface area contributed by atoms with Crippen molar-refractivity contribution in [2.75, 3.05) is 52.1 Å². The van der Waals surface area contributed by atoms with Gasteiger partial charge in [0.05, 0.1) is 37.9 Å². The number of Topliss-reactive ketones (excluding diaryl/α,β-unsaturated/α-hetero) is 2. The van der Waals surface area contributed by atoms with Gasteiger partial charge in [-0.05, 0) is 97.4 Å². The summed E-state index contributed by atoms with van der Waals surface area (Å²) < 4.78 is 29.2. The van der Waals surface area contributed by atoms with E-state index in [9.17, 15) is 33.9 Å². The fraction of sp³-hybridized carbons (Fsp3) is 0.655. The van der Waals surface area contributed by atoms with Crippen LogP contribution in [0.2, 0.25) is 5.02 Å². The van der Waals surface area contributed by atoms with Crippen LogP contribution in [0.15, 0.2) is 61.2 Å². The molecule has 0 aliphatic carbocycles. The molecule has 3 aliphatic rings. The van der Waals surface area contributed by atoms with Gasteiger partial charge in [-0.3, -0.25) is 24.5 Å². The number of anilines is 1. The average molecular weight is 1150 g/mol. The lowest BCUT2D eigenvalue weighted by molar-refractivity contribution is -0.162. The van der Waals surface area contributed by atoms with Crippen LogP contribution < -0.4 is 26.0 Å². The number of ketones is 2. The number of hydrogen-bond acceptors (Lipinski definition) is 16. The molecule has 440 valence electrons. The number of carbonyl (C=O) groups excluding carboxylic acids is 6. The van der Waals surface area contributed by atoms with Gasteiger partial charge in [0.2, 0.25) is 11.8 Å². The van der Waals surface area contributed by atoms with Gasteiger partial charge in [-0.15, -0.1) is 13.2 Å². The minimum atomic E-state index is -1.86. The van der Waals surface area contributed by atoms with Gasteiger partial charge in [-0.1, -0.05) is 104 Å². The summed E-state index contributed by atoms with van der Waals surface area (Å²) >= 11 is 6.83. The molecule has 1 aromatic carbocycles. The van der Waals surface area contributed by atoms with Crippen molar-refractivity contribution in [2.24, 2.45) is 17.6 Å². The molecule has 2 saturated heterocycles. The van der Waals surface area contributed by atoms with E-state index in [0.29, 0.717) is 55.8 Å². The maximum absolute atomic E-state index is 14.4. The summed E-state index contributed by atoms with van der Waals surface area (Å²) in [5, 5.41) is 17.8. The van der Waals surface area contributed by atoms with Crippen molar-refractivity contribution in [2.45, 2.75) is 186 Å². The van der Waals surface area contributed by atoms with Gasteiger partial charge in [-0.2, -0.15) is 0 Å². The third kappa shape index (κ3) is 20.4. The molecule has 5 N–H and O–H groups in total. The lowest BCUT2D eigenvalue weighted by atomic mass is 9.83. The number of carbonyl (C=O) groups is 6. The SMILES string of the molecule is C.C=CC(C)C(=O)[C@H](CCCCN)NCC(=O)CCCSSC(C)(C)CCC(=O)N(C)[C@@H](C)C(=O)O[C@H]1CC(=O)N(C)c2cc(cc(OC)c2Cl)C/C(C)=C/C=C/[C@@H](OC)[C@@]2(O)C[C@H](OC(=O)N2)[C@@H](C)[C@@H]2O[C@@]12C.C=CCC. The van der Waals surface area contributed by atoms with E-state index >= 15 is 0 Å². The highest BCUT2D eigenvalue weighted by Crippen LogP contribution is 2.49. The van der Waals surface area contributed by atoms with E-state index in [-0.39, 0.29) is 66.4 Å². The standard InChI is InChI=1S/C53H80ClN5O12S2.C4H8.CH4/c1-13-33(3)47(63)38(20-14-15-24-55)56-31-37(60)19-17-25-72-73-51(6,7)23-22-44(61)58(9)35(5)49(64)70-43-29-45(62)59(10)39-27-36(28-40(67-11)46(39)54)26-32(2)18-16-21-42(68-12)53(66)30-41(69-50(65)57-53)34(4)48-52(43,8)71-48;1-3-4-2;/h13,16,18,21,27-28,33-35,38,41-43,48,56,66H,1,14-15,17,19-20,22-26,29-31,55H2,2-12H3,(H,57,65);3H,1,4H2,2H3;1H4/b21-16+,32-18+;;/t33?,34-,35+,38+,41+,42-,43+,48+,52+,53+;;/m1../s1. The Balaban J connectivity index is 0.00000401. The smallest absolute Gasteiger partial charge is 0.409 e. The zero-order valence-corrected chi connectivity index (χ0v) is 50.0. The number of hydrogen-bond donors (Lipinski definition) is 4. The number of nitrogens with one attached hydrogen (secondary N) is 2. The van der Waals surface area contributed by atoms with Crippen molar-refractivity contribution in [3.63, 3.8) is 0 Å². The number of unbranched alkanes of at least 4 members (excludes halogenated alkanes) is 1. The molecule has 20 heteroatoms. The van der Waals surface area contributed by atoms with E-state index in [1.807, 2.05) is 32.9 Å². The molecule has 4 rings (SSSR count). The molecule has 3 amide bonds. The van der Waals surface area contributed by atoms with Gasteiger partial charge in [0.25, 0.3) is 0 Å². The van der Waals surface area contributed by atoms with Crippen molar-refractivity contribution < 1.29 is 57.6 Å². The van der Waals surface area contributed by atoms with Gasteiger partial charge in [0.1, 0.15) is 46.5 Å². The van der Waals surface area contributed by atoms with Crippen molar-refractivity contribution in [3.05, 3.63) is 71.8 Å². The maximum Gasteiger partial charge on any atom is 0.409 e. The van der Waals surface area contributed by atoms with Crippen LogP contribution in [0.25, 0.3) is 0 Å². The minimum absolute atomic E-state index is 0. The second kappa shape index (κ2) is 32.9. The maximum atomic E-state index is 14.4. The monoisotopic (exact) mass is 1150 g/mol. The minimum Gasteiger partial charge on any atom is -0.495 e. The van der Waals surface area contributed by atoms with E-state index in [1.54, 1.807) is 86.7 Å². The van der Waals surface area contributed by atoms with E-state index in [0.717, 1.165) is 30.4 Å². The van der Waals surface area contributed by atoms with Crippen LogP contribution >= 0.6 is 33.2 Å². The Kier molecular flexibility index (Phi) is 29.5. The molecule has 10 atom stereocenters. The molecule has 78 heavy (non-hydrogen) atoms. The lowest BCUT2D eigenvalue weighted by Gasteiger charge is -2.42. The van der Waals surface area contributed by atoms with E-state index in [2.05, 4.69) is 30.7 Å². The summed E-state index contributed by atoms with van der Waals surface area (Å²) in [5.74, 6) is -1.24. The third-order valence-corrected chi connectivity index (χ3v) is 18.2. The molecule has 3 heterocycles. The Morgan fingerprint density at radius 1 is 1.14 bits per heavy atom. The number of methoxy groups -OCH3 is 2. The molecular weight excluding hydrogens is 1060 g/mol. The molecule has 0 spiro atoms. The number of nitrogens with two attached hydrogens (primary N) is 1. The number of ether oxygens (including phenoxy) is 5. The predicted molar refractivity (Wildman–Crippen MR) is 315 cm³/mol. The van der Waals surface area contributed by atoms with E-state index in [4.69, 9.17) is 41.0 Å². The number of nitrogens with zero attached hydrogens (tertiary/aromatic N) is 2. The second-order valence-electron chi connectivity index (χ2n) is 21.1. The van der Waals surface area contributed by atoms with Crippen LogP contribution in [0, 0.1) is 11.8 Å². The molecule has 0 saturated carbocycles. The largest absolute Gasteiger partial charge is 0.495 e. The zero-order valence-electron chi connectivity index (χ0n) is 47.6. The van der Waals surface area contributed by atoms with Crippen LogP contribution in [0.5, 0.6) is 5.75 Å². The number of benzene rings is 1. The first kappa shape index (κ1) is 69.9. The predicted octanol–water partition coefficient (Wildman–Crippen LogP) is 9.50. The first-order chi connectivity index (χ1) is 36.3. The summed E-state index contributed by atoms with van der Waals surface area (Å²) in [7, 11) is 9.27. The number of aliphatic hydroxyl groups is 1. The molecule has 0 radical (unpaired) electrons. The highest BCUT2D eigenvalue weighted by atomic mass is 35.5. The van der Waals surface area contributed by atoms with Crippen molar-refractivity contribution in [3.8, 4) is 5.75 Å². The number of amides is 3. The Labute approximate surface area is 478 Å². The summed E-state index contributed by atoms with van der Waals surface area (Å²) in [6.07, 6.45) is 9.13. The van der Waals surface area contributed by atoms with Gasteiger partial charge >= 0.3 is 12.1 Å². The van der Waals surface area contributed by atoms with Gasteiger partial charge < -0.3 is 49.6 Å². The fourth-order valence-electron chi connectivity index (χ4n) is 8.97. The van der Waals surface area contributed by atoms with Crippen molar-refractivity contribution in [1.29, 1.82) is 0 Å². The van der Waals surface area contributed by atoms with Crippen LogP contribution in [-0.4, -0.2) is 145 Å². The lowest BCUT2D eigenvalue weighted by Crippen LogP contribution is -2.63. The molecule has 0 aromatic heterocycles. The fourth-order valence-corrected chi connectivity index (χ4v) is 11.9. The third-order valence-electron chi connectivity index (χ3n) is 14.4.